The lowest BCUT2D eigenvalue weighted by atomic mass is 10.1. The molecule has 0 bridgehead atoms. The number of hydrogen-bond donors (Lipinski definition) is 2. The summed E-state index contributed by atoms with van der Waals surface area (Å²) in [6, 6.07) is 14.4. The Kier molecular flexibility index (Phi) is 7.45. The van der Waals surface area contributed by atoms with Crippen molar-refractivity contribution in [1.29, 1.82) is 0 Å². The van der Waals surface area contributed by atoms with Crippen molar-refractivity contribution >= 4 is 51.1 Å². The maximum atomic E-state index is 13.1. The molecule has 0 saturated heterocycles. The largest absolute Gasteiger partial charge is 0.370 e. The van der Waals surface area contributed by atoms with E-state index in [1.165, 1.54) is 22.7 Å². The molecule has 2 heterocycles. The lowest BCUT2D eigenvalue weighted by Crippen LogP contribution is -2.23. The highest BCUT2D eigenvalue weighted by atomic mass is 32.2. The average Bonchev–Trinajstić information content (AvgIpc) is 3.34. The van der Waals surface area contributed by atoms with Crippen LogP contribution in [0.5, 0.6) is 0 Å². The number of anilines is 1. The van der Waals surface area contributed by atoms with Gasteiger partial charge in [-0.25, -0.2) is 0 Å². The zero-order valence-electron chi connectivity index (χ0n) is 20.6. The molecule has 1 atom stereocenters. The molecule has 4 rings (SSSR count). The van der Waals surface area contributed by atoms with Gasteiger partial charge in [0.1, 0.15) is 5.82 Å². The number of nitrogens with one attached hydrogen (secondary N) is 1. The molecule has 0 aliphatic rings. The summed E-state index contributed by atoms with van der Waals surface area (Å²) in [5.74, 6) is 0.598. The molecule has 184 valence electrons. The number of hydrogen-bond acceptors (Lipinski definition) is 5. The third-order valence-electron chi connectivity index (χ3n) is 5.94. The number of carbonyl (C=O) groups excluding carboxylic acids is 2. The molecule has 8 nitrogen and oxygen atoms in total. The summed E-state index contributed by atoms with van der Waals surface area (Å²) >= 11 is 1.37. The number of amides is 2. The summed E-state index contributed by atoms with van der Waals surface area (Å²) < 4.78 is 4.28. The number of nitrogens with two attached hydrogens (primary N) is 1. The van der Waals surface area contributed by atoms with Crippen LogP contribution in [0.3, 0.4) is 0 Å². The number of aryl methyl sites for hydroxylation is 2. The van der Waals surface area contributed by atoms with Gasteiger partial charge in [-0.3, -0.25) is 9.59 Å². The molecule has 0 spiro atoms. The molecule has 35 heavy (non-hydrogen) atoms. The summed E-state index contributed by atoms with van der Waals surface area (Å²) in [7, 11) is 0. The number of aromatic nitrogens is 4. The van der Waals surface area contributed by atoms with Crippen LogP contribution < -0.4 is 11.1 Å². The van der Waals surface area contributed by atoms with E-state index in [0.29, 0.717) is 29.9 Å². The van der Waals surface area contributed by atoms with E-state index in [-0.39, 0.29) is 23.5 Å². The minimum absolute atomic E-state index is 0.105. The highest BCUT2D eigenvalue weighted by Gasteiger charge is 2.21. The molecule has 2 amide bonds. The van der Waals surface area contributed by atoms with Gasteiger partial charge in [0.05, 0.1) is 5.25 Å². The number of nitrogens with zero attached hydrogens (tertiary/aromatic N) is 4. The molecule has 2 aromatic carbocycles. The molecule has 1 unspecified atom stereocenters. The van der Waals surface area contributed by atoms with E-state index in [1.54, 1.807) is 0 Å². The Balaban J connectivity index is 1.53. The van der Waals surface area contributed by atoms with Crippen molar-refractivity contribution < 1.29 is 9.59 Å². The molecule has 0 aliphatic carbocycles. The number of fused-ring (bicyclic) bond motifs is 3. The van der Waals surface area contributed by atoms with Crippen molar-refractivity contribution in [3.8, 4) is 0 Å². The molecule has 2 aromatic heterocycles. The highest BCUT2D eigenvalue weighted by Crippen LogP contribution is 2.31. The zero-order valence-corrected chi connectivity index (χ0v) is 21.4. The molecular weight excluding hydrogens is 460 g/mol. The third kappa shape index (κ3) is 5.35. The molecule has 9 heteroatoms. The van der Waals surface area contributed by atoms with Gasteiger partial charge in [0, 0.05) is 53.4 Å². The minimum Gasteiger partial charge on any atom is -0.370 e. The fourth-order valence-electron chi connectivity index (χ4n) is 4.30. The smallest absolute Gasteiger partial charge is 0.237 e. The molecular formula is C26H32N6O2S. The van der Waals surface area contributed by atoms with Crippen LogP contribution in [0.1, 0.15) is 39.9 Å². The normalized spacial score (nSPS) is 12.5. The number of rotatable bonds is 10. The Morgan fingerprint density at radius 2 is 1.77 bits per heavy atom. The van der Waals surface area contributed by atoms with Crippen LogP contribution in [0.25, 0.3) is 21.8 Å². The quantitative estimate of drug-likeness (QED) is 0.315. The fourth-order valence-corrected chi connectivity index (χ4v) is 5.18. The lowest BCUT2D eigenvalue weighted by molar-refractivity contribution is -0.118. The van der Waals surface area contributed by atoms with Crippen LogP contribution in [0.4, 0.5) is 5.69 Å². The topological polar surface area (TPSA) is 108 Å². The van der Waals surface area contributed by atoms with Crippen LogP contribution in [0.2, 0.25) is 0 Å². The van der Waals surface area contributed by atoms with Crippen LogP contribution >= 0.6 is 11.8 Å². The fraction of sp³-hybridized carbons (Fsp3) is 0.385. The summed E-state index contributed by atoms with van der Waals surface area (Å²) in [5, 5.41) is 14.2. The number of carbonyl (C=O) groups is 2. The van der Waals surface area contributed by atoms with Gasteiger partial charge in [-0.2, -0.15) is 0 Å². The van der Waals surface area contributed by atoms with Crippen molar-refractivity contribution in [2.45, 2.75) is 64.0 Å². The Morgan fingerprint density at radius 1 is 1.03 bits per heavy atom. The van der Waals surface area contributed by atoms with E-state index in [0.717, 1.165) is 23.1 Å². The molecule has 3 N–H and O–H groups in total. The number of benzene rings is 2. The van der Waals surface area contributed by atoms with Crippen molar-refractivity contribution in [3.63, 3.8) is 0 Å². The summed E-state index contributed by atoms with van der Waals surface area (Å²) in [6.07, 6.45) is 0.648. The second-order valence-electron chi connectivity index (χ2n) is 9.11. The SMILES string of the molecule is CCn1c2ccccc2c2cc(NC(=O)C(C)Sc3nnc(CCC(N)=O)n3CC(C)C)ccc21. The van der Waals surface area contributed by atoms with E-state index in [9.17, 15) is 9.59 Å². The van der Waals surface area contributed by atoms with Gasteiger partial charge in [0.2, 0.25) is 11.8 Å². The molecule has 0 fully saturated rings. The molecule has 0 radical (unpaired) electrons. The van der Waals surface area contributed by atoms with Crippen molar-refractivity contribution in [3.05, 3.63) is 48.3 Å². The number of primary amides is 1. The van der Waals surface area contributed by atoms with E-state index in [4.69, 9.17) is 5.73 Å². The Morgan fingerprint density at radius 3 is 2.49 bits per heavy atom. The van der Waals surface area contributed by atoms with Crippen LogP contribution in [0.15, 0.2) is 47.6 Å². The summed E-state index contributed by atoms with van der Waals surface area (Å²) in [5.41, 5.74) is 8.42. The van der Waals surface area contributed by atoms with E-state index >= 15 is 0 Å². The van der Waals surface area contributed by atoms with Crippen LogP contribution in [-0.2, 0) is 29.1 Å². The highest BCUT2D eigenvalue weighted by molar-refractivity contribution is 8.00. The second kappa shape index (κ2) is 10.5. The number of para-hydroxylation sites is 1. The van der Waals surface area contributed by atoms with Crippen molar-refractivity contribution in [2.24, 2.45) is 11.7 Å². The Hall–Kier alpha value is -3.33. The second-order valence-corrected chi connectivity index (χ2v) is 10.4. The first kappa shape index (κ1) is 24.8. The van der Waals surface area contributed by atoms with Gasteiger partial charge < -0.3 is 20.2 Å². The predicted octanol–water partition coefficient (Wildman–Crippen LogP) is 4.60. The zero-order chi connectivity index (χ0) is 25.1. The third-order valence-corrected chi connectivity index (χ3v) is 7.02. The Labute approximate surface area is 209 Å². The van der Waals surface area contributed by atoms with Gasteiger partial charge in [0.15, 0.2) is 5.16 Å². The van der Waals surface area contributed by atoms with Crippen molar-refractivity contribution in [2.75, 3.05) is 5.32 Å². The Bertz CT molecular complexity index is 1370. The first-order chi connectivity index (χ1) is 16.8. The molecule has 0 aliphatic heterocycles. The average molecular weight is 493 g/mol. The first-order valence-electron chi connectivity index (χ1n) is 12.0. The molecule has 0 saturated carbocycles. The maximum absolute atomic E-state index is 13.1. The summed E-state index contributed by atoms with van der Waals surface area (Å²) in [4.78, 5) is 24.3. The van der Waals surface area contributed by atoms with Crippen molar-refractivity contribution in [1.82, 2.24) is 19.3 Å². The monoisotopic (exact) mass is 492 g/mol. The first-order valence-corrected chi connectivity index (χ1v) is 12.8. The maximum Gasteiger partial charge on any atom is 0.237 e. The minimum atomic E-state index is -0.387. The van der Waals surface area contributed by atoms with Gasteiger partial charge in [0.25, 0.3) is 0 Å². The van der Waals surface area contributed by atoms with Gasteiger partial charge in [-0.05, 0) is 44.0 Å². The van der Waals surface area contributed by atoms with E-state index < -0.39 is 0 Å². The number of thioether (sulfide) groups is 1. The van der Waals surface area contributed by atoms with Crippen LogP contribution in [0, 0.1) is 5.92 Å². The van der Waals surface area contributed by atoms with E-state index in [1.807, 2.05) is 35.8 Å². The summed E-state index contributed by atoms with van der Waals surface area (Å²) in [6.45, 7) is 9.79. The standard InChI is InChI=1S/C26H32N6O2S/c1-5-31-21-9-7-6-8-19(21)20-14-18(10-11-22(20)31)28-25(34)17(4)35-26-30-29-24(13-12-23(27)33)32(26)15-16(2)3/h6-11,14,16-17H,5,12-13,15H2,1-4H3,(H2,27,33)(H,28,34). The van der Waals surface area contributed by atoms with E-state index in [2.05, 4.69) is 59.1 Å². The van der Waals surface area contributed by atoms with Gasteiger partial charge in [-0.1, -0.05) is 43.8 Å². The molecule has 4 aromatic rings. The van der Waals surface area contributed by atoms with Crippen LogP contribution in [-0.4, -0.2) is 36.4 Å². The van der Waals surface area contributed by atoms with Gasteiger partial charge >= 0.3 is 0 Å². The lowest BCUT2D eigenvalue weighted by Gasteiger charge is -2.15. The van der Waals surface area contributed by atoms with Gasteiger partial charge in [-0.15, -0.1) is 10.2 Å². The predicted molar refractivity (Wildman–Crippen MR) is 141 cm³/mol.